The van der Waals surface area contributed by atoms with Crippen molar-refractivity contribution in [2.75, 3.05) is 4.98 Å². The van der Waals surface area contributed by atoms with Gasteiger partial charge in [-0.2, -0.15) is 0 Å². The van der Waals surface area contributed by atoms with E-state index in [0.29, 0.717) is 11.3 Å². The molecule has 0 bridgehead atoms. The molecule has 1 aromatic carbocycles. The van der Waals surface area contributed by atoms with Gasteiger partial charge in [0.15, 0.2) is 0 Å². The largest absolute Gasteiger partial charge is 0.544 e. The molecule has 0 amide bonds. The Morgan fingerprint density at radius 3 is 1.91 bits per heavy atom. The molecule has 0 aromatic heterocycles. The number of hydrogen-bond donors (Lipinski definition) is 1. The highest BCUT2D eigenvalue weighted by molar-refractivity contribution is 6.79. The minimum Gasteiger partial charge on any atom is -0.544 e. The summed E-state index contributed by atoms with van der Waals surface area (Å²) in [4.78, 5) is 16.1. The van der Waals surface area contributed by atoms with E-state index >= 15 is 0 Å². The summed E-state index contributed by atoms with van der Waals surface area (Å²) >= 11 is 0. The Balaban J connectivity index is 3.23. The van der Waals surface area contributed by atoms with Crippen LogP contribution >= 0.6 is 0 Å². The van der Waals surface area contributed by atoms with Crippen LogP contribution in [0.5, 0.6) is 5.75 Å². The molecular formula is C16H31NO3Si3. The average Bonchev–Trinajstić information content (AvgIpc) is 2.24. The molecule has 0 heterocycles. The highest BCUT2D eigenvalue weighted by atomic mass is 28.4. The topological polar surface area (TPSA) is 47.6 Å². The van der Waals surface area contributed by atoms with Gasteiger partial charge in [-0.15, -0.1) is 0 Å². The number of nitrogens with one attached hydrogen (secondary N) is 1. The van der Waals surface area contributed by atoms with Gasteiger partial charge in [-0.1, -0.05) is 19.6 Å². The number of carbonyl (C=O) groups is 1. The third-order valence-electron chi connectivity index (χ3n) is 2.53. The summed E-state index contributed by atoms with van der Waals surface area (Å²) in [7, 11) is -5.25. The van der Waals surface area contributed by atoms with E-state index in [1.807, 2.05) is 37.8 Å². The summed E-state index contributed by atoms with van der Waals surface area (Å²) in [5.74, 6) is 0.352. The highest BCUT2D eigenvalue weighted by Gasteiger charge is 2.26. The summed E-state index contributed by atoms with van der Waals surface area (Å²) in [5, 5.41) is 0. The summed E-state index contributed by atoms with van der Waals surface area (Å²) in [6, 6.07) is 5.75. The van der Waals surface area contributed by atoms with Crippen molar-refractivity contribution in [3.63, 3.8) is 0 Å². The fourth-order valence-corrected chi connectivity index (χ4v) is 4.48. The molecule has 0 saturated carbocycles. The van der Waals surface area contributed by atoms with Gasteiger partial charge < -0.3 is 13.8 Å². The first-order valence-electron chi connectivity index (χ1n) is 8.01. The minimum atomic E-state index is -1.95. The molecule has 1 rings (SSSR count). The molecule has 1 aromatic rings. The zero-order valence-electron chi connectivity index (χ0n) is 16.0. The van der Waals surface area contributed by atoms with E-state index < -0.39 is 24.9 Å². The van der Waals surface area contributed by atoms with E-state index in [-0.39, 0.29) is 5.97 Å². The number of anilines is 1. The third kappa shape index (κ3) is 7.85. The summed E-state index contributed by atoms with van der Waals surface area (Å²) in [6.45, 7) is 19.0. The van der Waals surface area contributed by atoms with Crippen molar-refractivity contribution >= 4 is 36.5 Å². The predicted octanol–water partition coefficient (Wildman–Crippen LogP) is 5.14. The van der Waals surface area contributed by atoms with Gasteiger partial charge in [0.1, 0.15) is 19.5 Å². The normalized spacial score (nSPS) is 12.7. The molecule has 0 atom stereocenters. The summed E-state index contributed by atoms with van der Waals surface area (Å²) < 4.78 is 11.8. The van der Waals surface area contributed by atoms with Crippen molar-refractivity contribution in [2.45, 2.75) is 58.9 Å². The van der Waals surface area contributed by atoms with Gasteiger partial charge in [0.25, 0.3) is 0 Å². The second-order valence-corrected chi connectivity index (χ2v) is 22.4. The number of rotatable bonds is 6. The zero-order valence-corrected chi connectivity index (χ0v) is 19.0. The van der Waals surface area contributed by atoms with E-state index in [2.05, 4.69) is 44.3 Å². The van der Waals surface area contributed by atoms with Crippen LogP contribution in [0.3, 0.4) is 0 Å². The molecule has 0 radical (unpaired) electrons. The van der Waals surface area contributed by atoms with Crippen molar-refractivity contribution in [2.24, 2.45) is 0 Å². The molecule has 1 N–H and O–H groups in total. The third-order valence-corrected chi connectivity index (χ3v) is 5.20. The maximum absolute atomic E-state index is 12.6. The Kier molecular flexibility index (Phi) is 5.93. The Hall–Kier alpha value is -1.06. The van der Waals surface area contributed by atoms with Crippen LogP contribution in [0, 0.1) is 0 Å². The van der Waals surface area contributed by atoms with Crippen LogP contribution in [-0.2, 0) is 4.43 Å². The molecule has 0 spiro atoms. The van der Waals surface area contributed by atoms with Crippen molar-refractivity contribution in [3.8, 4) is 5.75 Å². The number of hydrogen-bond acceptors (Lipinski definition) is 4. The van der Waals surface area contributed by atoms with E-state index in [1.165, 1.54) is 0 Å². The van der Waals surface area contributed by atoms with Crippen molar-refractivity contribution in [1.29, 1.82) is 0 Å². The van der Waals surface area contributed by atoms with Crippen LogP contribution < -0.4 is 9.41 Å². The van der Waals surface area contributed by atoms with Gasteiger partial charge in [-0.3, -0.25) is 0 Å². The van der Waals surface area contributed by atoms with Gasteiger partial charge in [0.05, 0.1) is 0 Å². The molecule has 0 aliphatic heterocycles. The fourth-order valence-electron chi connectivity index (χ4n) is 1.95. The second kappa shape index (κ2) is 6.82. The van der Waals surface area contributed by atoms with E-state index in [9.17, 15) is 4.79 Å². The molecular weight excluding hydrogens is 338 g/mol. The SMILES string of the molecule is C[Si](C)(C)Nc1ccc(O[Si](C)(C)C)c(C(=O)O[Si](C)(C)C)c1. The number of carbonyl (C=O) groups excluding carboxylic acids is 1. The molecule has 0 aliphatic rings. The molecule has 0 fully saturated rings. The van der Waals surface area contributed by atoms with E-state index in [4.69, 9.17) is 8.85 Å². The van der Waals surface area contributed by atoms with Crippen LogP contribution in [0.4, 0.5) is 5.69 Å². The monoisotopic (exact) mass is 369 g/mol. The summed E-state index contributed by atoms with van der Waals surface area (Å²) in [5.41, 5.74) is 1.48. The fraction of sp³-hybridized carbons (Fsp3) is 0.562. The Bertz CT molecular complexity index is 569. The van der Waals surface area contributed by atoms with Crippen molar-refractivity contribution in [3.05, 3.63) is 23.8 Å². The van der Waals surface area contributed by atoms with Gasteiger partial charge >= 0.3 is 5.97 Å². The standard InChI is InChI=1S/C16H31NO3Si3/c1-21(2,3)17-13-10-11-15(19-22(4,5)6)14(12-13)16(18)20-23(7,8)9/h10-12,17H,1-9H3. The molecule has 7 heteroatoms. The number of benzene rings is 1. The quantitative estimate of drug-likeness (QED) is 0.705. The maximum Gasteiger partial charge on any atom is 0.328 e. The van der Waals surface area contributed by atoms with Gasteiger partial charge in [-0.05, 0) is 57.5 Å². The Labute approximate surface area is 143 Å². The maximum atomic E-state index is 12.6. The molecule has 0 unspecified atom stereocenters. The Morgan fingerprint density at radius 2 is 1.48 bits per heavy atom. The van der Waals surface area contributed by atoms with Crippen LogP contribution in [0.2, 0.25) is 58.9 Å². The smallest absolute Gasteiger partial charge is 0.328 e. The molecule has 0 saturated heterocycles. The molecule has 0 aliphatic carbocycles. The molecule has 4 nitrogen and oxygen atoms in total. The predicted molar refractivity (Wildman–Crippen MR) is 106 cm³/mol. The van der Waals surface area contributed by atoms with Crippen molar-refractivity contribution in [1.82, 2.24) is 0 Å². The average molecular weight is 370 g/mol. The first kappa shape index (κ1) is 20.0. The van der Waals surface area contributed by atoms with Crippen LogP contribution in [-0.4, -0.2) is 30.8 Å². The van der Waals surface area contributed by atoms with Gasteiger partial charge in [0, 0.05) is 5.69 Å². The first-order valence-corrected chi connectivity index (χ1v) is 18.3. The lowest BCUT2D eigenvalue weighted by molar-refractivity contribution is 0.0722. The lowest BCUT2D eigenvalue weighted by Gasteiger charge is -2.25. The molecule has 23 heavy (non-hydrogen) atoms. The highest BCUT2D eigenvalue weighted by Crippen LogP contribution is 2.28. The second-order valence-electron chi connectivity index (χ2n) is 8.80. The van der Waals surface area contributed by atoms with Gasteiger partial charge in [-0.25, -0.2) is 4.79 Å². The van der Waals surface area contributed by atoms with Crippen LogP contribution in [0.25, 0.3) is 0 Å². The van der Waals surface area contributed by atoms with Crippen LogP contribution in [0.15, 0.2) is 18.2 Å². The lowest BCUT2D eigenvalue weighted by Crippen LogP contribution is -2.33. The van der Waals surface area contributed by atoms with Crippen molar-refractivity contribution < 1.29 is 13.6 Å². The van der Waals surface area contributed by atoms with E-state index in [0.717, 1.165) is 5.69 Å². The molecule has 130 valence electrons. The van der Waals surface area contributed by atoms with E-state index in [1.54, 1.807) is 0 Å². The summed E-state index contributed by atoms with van der Waals surface area (Å²) in [6.07, 6.45) is 0. The Morgan fingerprint density at radius 1 is 0.913 bits per heavy atom. The van der Waals surface area contributed by atoms with Crippen LogP contribution in [0.1, 0.15) is 10.4 Å². The first-order chi connectivity index (χ1) is 10.2. The lowest BCUT2D eigenvalue weighted by atomic mass is 10.2. The van der Waals surface area contributed by atoms with Gasteiger partial charge in [0.2, 0.25) is 16.6 Å². The zero-order chi connectivity index (χ0) is 18.1. The minimum absolute atomic E-state index is 0.281.